The number of H-pyrrole nitrogens is 1. The number of nitrogens with zero attached hydrogens (tertiary/aromatic N) is 1. The summed E-state index contributed by atoms with van der Waals surface area (Å²) in [6, 6.07) is 8.01. The predicted molar refractivity (Wildman–Crippen MR) is 86.6 cm³/mol. The maximum absolute atomic E-state index is 11.7. The van der Waals surface area contributed by atoms with Crippen LogP contribution in [0.15, 0.2) is 30.5 Å². The topological polar surface area (TPSA) is 77.2 Å². The molecule has 1 aromatic carbocycles. The molecule has 2 aromatic rings. The summed E-state index contributed by atoms with van der Waals surface area (Å²) in [6.45, 7) is 1.60. The minimum atomic E-state index is -0.585. The average Bonchev–Trinajstić information content (AvgIpc) is 2.90. The van der Waals surface area contributed by atoms with Gasteiger partial charge in [-0.3, -0.25) is 9.59 Å². The van der Waals surface area contributed by atoms with E-state index < -0.39 is 11.8 Å². The van der Waals surface area contributed by atoms with Crippen molar-refractivity contribution >= 4 is 22.7 Å². The van der Waals surface area contributed by atoms with Crippen LogP contribution in [0.5, 0.6) is 0 Å². The first-order chi connectivity index (χ1) is 10.6. The Labute approximate surface area is 129 Å². The first-order valence-electron chi connectivity index (χ1n) is 7.33. The molecule has 0 unspecified atom stereocenters. The van der Waals surface area contributed by atoms with E-state index in [9.17, 15) is 9.59 Å². The van der Waals surface area contributed by atoms with E-state index in [4.69, 9.17) is 0 Å². The zero-order chi connectivity index (χ0) is 15.9. The number of amides is 2. The van der Waals surface area contributed by atoms with Gasteiger partial charge in [-0.1, -0.05) is 18.2 Å². The Morgan fingerprint density at radius 2 is 1.77 bits per heavy atom. The van der Waals surface area contributed by atoms with Crippen LogP contribution in [0.3, 0.4) is 0 Å². The lowest BCUT2D eigenvalue weighted by Gasteiger charge is -2.10. The van der Waals surface area contributed by atoms with E-state index in [2.05, 4.69) is 15.6 Å². The molecule has 2 amide bonds. The van der Waals surface area contributed by atoms with Crippen LogP contribution in [0, 0.1) is 0 Å². The SMILES string of the molecule is CN(C)CCNC(=O)C(=O)NCCc1c[nH]c2ccccc12. The molecule has 2 rings (SSSR count). The minimum absolute atomic E-state index is 0.432. The number of rotatable bonds is 6. The number of aromatic amines is 1. The molecule has 0 fully saturated rings. The van der Waals surface area contributed by atoms with Gasteiger partial charge < -0.3 is 20.5 Å². The summed E-state index contributed by atoms with van der Waals surface area (Å²) in [7, 11) is 3.82. The fourth-order valence-corrected chi connectivity index (χ4v) is 2.20. The third-order valence-corrected chi connectivity index (χ3v) is 3.41. The number of nitrogens with one attached hydrogen (secondary N) is 3. The quantitative estimate of drug-likeness (QED) is 0.680. The molecule has 0 bridgehead atoms. The molecule has 0 saturated carbocycles. The summed E-state index contributed by atoms with van der Waals surface area (Å²) in [5, 5.41) is 6.38. The molecule has 1 aromatic heterocycles. The molecule has 118 valence electrons. The van der Waals surface area contributed by atoms with Crippen molar-refractivity contribution < 1.29 is 9.59 Å². The Balaban J connectivity index is 1.76. The molecule has 0 aliphatic carbocycles. The molecule has 0 atom stereocenters. The van der Waals surface area contributed by atoms with Crippen LogP contribution in [-0.4, -0.2) is 55.4 Å². The van der Waals surface area contributed by atoms with Gasteiger partial charge in [-0.15, -0.1) is 0 Å². The molecular formula is C16H22N4O2. The van der Waals surface area contributed by atoms with Gasteiger partial charge in [0.2, 0.25) is 0 Å². The number of fused-ring (bicyclic) bond motifs is 1. The van der Waals surface area contributed by atoms with Crippen LogP contribution >= 0.6 is 0 Å². The van der Waals surface area contributed by atoms with E-state index >= 15 is 0 Å². The second-order valence-corrected chi connectivity index (χ2v) is 5.42. The Hall–Kier alpha value is -2.34. The lowest BCUT2D eigenvalue weighted by molar-refractivity contribution is -0.139. The monoisotopic (exact) mass is 302 g/mol. The standard InChI is InChI=1S/C16H22N4O2/c1-20(2)10-9-18-16(22)15(21)17-8-7-12-11-19-14-6-4-3-5-13(12)14/h3-6,11,19H,7-10H2,1-2H3,(H,17,21)(H,18,22). The van der Waals surface area contributed by atoms with Gasteiger partial charge in [-0.05, 0) is 32.1 Å². The van der Waals surface area contributed by atoms with Gasteiger partial charge >= 0.3 is 11.8 Å². The van der Waals surface area contributed by atoms with E-state index in [0.717, 1.165) is 16.5 Å². The van der Waals surface area contributed by atoms with Gasteiger partial charge in [0, 0.05) is 36.7 Å². The van der Waals surface area contributed by atoms with Crippen molar-refractivity contribution in [1.82, 2.24) is 20.5 Å². The van der Waals surface area contributed by atoms with E-state index in [0.29, 0.717) is 26.1 Å². The summed E-state index contributed by atoms with van der Waals surface area (Å²) in [5.41, 5.74) is 2.20. The number of para-hydroxylation sites is 1. The zero-order valence-electron chi connectivity index (χ0n) is 13.0. The fraction of sp³-hybridized carbons (Fsp3) is 0.375. The van der Waals surface area contributed by atoms with Crippen LogP contribution in [0.4, 0.5) is 0 Å². The largest absolute Gasteiger partial charge is 0.361 e. The third kappa shape index (κ3) is 4.33. The molecule has 0 radical (unpaired) electrons. The molecular weight excluding hydrogens is 280 g/mol. The van der Waals surface area contributed by atoms with Crippen molar-refractivity contribution in [3.05, 3.63) is 36.0 Å². The fourth-order valence-electron chi connectivity index (χ4n) is 2.20. The molecule has 0 spiro atoms. The van der Waals surface area contributed by atoms with Gasteiger partial charge in [-0.2, -0.15) is 0 Å². The van der Waals surface area contributed by atoms with Gasteiger partial charge in [0.1, 0.15) is 0 Å². The van der Waals surface area contributed by atoms with Crippen LogP contribution in [0.25, 0.3) is 10.9 Å². The molecule has 3 N–H and O–H groups in total. The van der Waals surface area contributed by atoms with Crippen LogP contribution < -0.4 is 10.6 Å². The number of benzene rings is 1. The van der Waals surface area contributed by atoms with Crippen molar-refractivity contribution in [2.75, 3.05) is 33.7 Å². The number of carbonyl (C=O) groups excluding carboxylic acids is 2. The minimum Gasteiger partial charge on any atom is -0.361 e. The normalized spacial score (nSPS) is 10.9. The first kappa shape index (κ1) is 16.0. The van der Waals surface area contributed by atoms with E-state index in [-0.39, 0.29) is 0 Å². The highest BCUT2D eigenvalue weighted by atomic mass is 16.2. The van der Waals surface area contributed by atoms with Crippen molar-refractivity contribution in [3.63, 3.8) is 0 Å². The average molecular weight is 302 g/mol. The summed E-state index contributed by atoms with van der Waals surface area (Å²) in [5.74, 6) is -1.17. The highest BCUT2D eigenvalue weighted by Crippen LogP contribution is 2.17. The van der Waals surface area contributed by atoms with E-state index in [1.807, 2.05) is 49.5 Å². The predicted octanol–water partition coefficient (Wildman–Crippen LogP) is 0.504. The van der Waals surface area contributed by atoms with Crippen molar-refractivity contribution in [2.45, 2.75) is 6.42 Å². The first-order valence-corrected chi connectivity index (χ1v) is 7.33. The molecule has 22 heavy (non-hydrogen) atoms. The maximum Gasteiger partial charge on any atom is 0.309 e. The Kier molecular flexibility index (Phi) is 5.55. The van der Waals surface area contributed by atoms with Crippen LogP contribution in [-0.2, 0) is 16.0 Å². The number of hydrogen-bond donors (Lipinski definition) is 3. The lowest BCUT2D eigenvalue weighted by Crippen LogP contribution is -2.42. The summed E-state index contributed by atoms with van der Waals surface area (Å²) >= 11 is 0. The molecule has 1 heterocycles. The van der Waals surface area contributed by atoms with Gasteiger partial charge in [-0.25, -0.2) is 0 Å². The van der Waals surface area contributed by atoms with Crippen molar-refractivity contribution in [2.24, 2.45) is 0 Å². The van der Waals surface area contributed by atoms with E-state index in [1.165, 1.54) is 0 Å². The summed E-state index contributed by atoms with van der Waals surface area (Å²) < 4.78 is 0. The summed E-state index contributed by atoms with van der Waals surface area (Å²) in [4.78, 5) is 28.4. The second-order valence-electron chi connectivity index (χ2n) is 5.42. The molecule has 0 saturated heterocycles. The number of carbonyl (C=O) groups is 2. The lowest BCUT2D eigenvalue weighted by atomic mass is 10.1. The van der Waals surface area contributed by atoms with Crippen LogP contribution in [0.2, 0.25) is 0 Å². The van der Waals surface area contributed by atoms with Gasteiger partial charge in [0.05, 0.1) is 0 Å². The Bertz CT molecular complexity index is 648. The molecule has 6 nitrogen and oxygen atoms in total. The summed E-state index contributed by atoms with van der Waals surface area (Å²) in [6.07, 6.45) is 2.62. The zero-order valence-corrected chi connectivity index (χ0v) is 13.0. The molecule has 0 aliphatic rings. The smallest absolute Gasteiger partial charge is 0.309 e. The molecule has 0 aliphatic heterocycles. The third-order valence-electron chi connectivity index (χ3n) is 3.41. The maximum atomic E-state index is 11.7. The van der Waals surface area contributed by atoms with Crippen molar-refractivity contribution in [1.29, 1.82) is 0 Å². The van der Waals surface area contributed by atoms with Gasteiger partial charge in [0.25, 0.3) is 0 Å². The van der Waals surface area contributed by atoms with Crippen LogP contribution in [0.1, 0.15) is 5.56 Å². The highest BCUT2D eigenvalue weighted by molar-refractivity contribution is 6.35. The Morgan fingerprint density at radius 3 is 2.50 bits per heavy atom. The Morgan fingerprint density at radius 1 is 1.09 bits per heavy atom. The number of likely N-dealkylation sites (N-methyl/N-ethyl adjacent to an activating group) is 1. The van der Waals surface area contributed by atoms with Crippen molar-refractivity contribution in [3.8, 4) is 0 Å². The number of aromatic nitrogens is 1. The number of hydrogen-bond acceptors (Lipinski definition) is 3. The van der Waals surface area contributed by atoms with Gasteiger partial charge in [0.15, 0.2) is 0 Å². The molecule has 6 heteroatoms. The van der Waals surface area contributed by atoms with E-state index in [1.54, 1.807) is 0 Å². The second kappa shape index (κ2) is 7.61. The highest BCUT2D eigenvalue weighted by Gasteiger charge is 2.12.